The maximum Gasteiger partial charge on any atom is 0.228 e. The third-order valence-corrected chi connectivity index (χ3v) is 7.07. The van der Waals surface area contributed by atoms with E-state index in [2.05, 4.69) is 25.0 Å². The highest BCUT2D eigenvalue weighted by atomic mass is 19.1. The van der Waals surface area contributed by atoms with Crippen LogP contribution in [-0.4, -0.2) is 84.1 Å². The van der Waals surface area contributed by atoms with E-state index in [1.165, 1.54) is 12.1 Å². The fourth-order valence-electron chi connectivity index (χ4n) is 4.58. The first kappa shape index (κ1) is 29.2. The van der Waals surface area contributed by atoms with Crippen LogP contribution < -0.4 is 10.1 Å². The summed E-state index contributed by atoms with van der Waals surface area (Å²) in [6.45, 7) is 10.9. The highest BCUT2D eigenvalue weighted by Gasteiger charge is 2.41. The number of nitrogens with zero attached hydrogens (tertiary/aromatic N) is 4. The molecule has 40 heavy (non-hydrogen) atoms. The number of carbonyl (C=O) groups excluding carboxylic acids is 2. The number of Topliss-reactive ketones (excluding diaryl/α,β-unsaturated/α-hetero) is 1. The van der Waals surface area contributed by atoms with Crippen molar-refractivity contribution < 1.29 is 18.7 Å². The lowest BCUT2D eigenvalue weighted by Crippen LogP contribution is -2.49. The van der Waals surface area contributed by atoms with Gasteiger partial charge in [0.05, 0.1) is 12.6 Å². The standard InChI is InChI=1S/C31H38FN5O3/c1-4-5-6-15-33-24(3)36-18-16-35(17-19-36)22-30(38)29-21-37(29)20-23(2)31(39)34-26-9-13-28(14-10-26)40-27-11-7-25(32)8-12-27/h4-15,23,29H,16-22H2,1-3H3,(H,34,39)/b5-4+,15-6-,33-24?/t23-,29?,37?/m1/s1. The van der Waals surface area contributed by atoms with Gasteiger partial charge in [-0.05, 0) is 68.5 Å². The van der Waals surface area contributed by atoms with Crippen molar-refractivity contribution >= 4 is 23.2 Å². The number of hydrogen-bond acceptors (Lipinski definition) is 6. The fraction of sp³-hybridized carbons (Fsp3) is 0.387. The number of halogens is 1. The van der Waals surface area contributed by atoms with Crippen LogP contribution in [0.2, 0.25) is 0 Å². The third kappa shape index (κ3) is 8.59. The second kappa shape index (κ2) is 14.0. The molecule has 2 aromatic carbocycles. The van der Waals surface area contributed by atoms with Gasteiger partial charge in [-0.25, -0.2) is 9.38 Å². The molecule has 0 aromatic heterocycles. The lowest BCUT2D eigenvalue weighted by Gasteiger charge is -2.35. The van der Waals surface area contributed by atoms with Crippen molar-refractivity contribution in [3.05, 3.63) is 78.8 Å². The molecule has 0 radical (unpaired) electrons. The van der Waals surface area contributed by atoms with E-state index < -0.39 is 0 Å². The van der Waals surface area contributed by atoms with Gasteiger partial charge in [-0.2, -0.15) is 0 Å². The third-order valence-electron chi connectivity index (χ3n) is 7.07. The summed E-state index contributed by atoms with van der Waals surface area (Å²) in [7, 11) is 0. The summed E-state index contributed by atoms with van der Waals surface area (Å²) in [6.07, 6.45) is 7.62. The first-order chi connectivity index (χ1) is 19.3. The SMILES string of the molecule is C/C=C/C=C\N=C(C)N1CCN(CC(=O)C2CN2C[C@@H](C)C(=O)Nc2ccc(Oc3ccc(F)cc3)cc2)CC1. The minimum absolute atomic E-state index is 0.0981. The molecule has 2 saturated heterocycles. The normalized spacial score (nSPS) is 20.6. The molecular formula is C31H38FN5O3. The number of ketones is 1. The minimum Gasteiger partial charge on any atom is -0.457 e. The molecule has 1 amide bonds. The molecule has 2 fully saturated rings. The van der Waals surface area contributed by atoms with Crippen LogP contribution in [0.1, 0.15) is 20.8 Å². The number of hydrogen-bond donors (Lipinski definition) is 1. The Bertz CT molecular complexity index is 1230. The molecular weight excluding hydrogens is 509 g/mol. The first-order valence-corrected chi connectivity index (χ1v) is 13.7. The lowest BCUT2D eigenvalue weighted by molar-refractivity contribution is -0.122. The average molecular weight is 548 g/mol. The van der Waals surface area contributed by atoms with Crippen LogP contribution in [0, 0.1) is 11.7 Å². The summed E-state index contributed by atoms with van der Waals surface area (Å²) in [4.78, 5) is 36.6. The maximum absolute atomic E-state index is 13.1. The number of ether oxygens (including phenoxy) is 1. The fourth-order valence-corrected chi connectivity index (χ4v) is 4.58. The Kier molecular flexibility index (Phi) is 10.2. The molecule has 3 atom stereocenters. The van der Waals surface area contributed by atoms with E-state index in [0.717, 1.165) is 32.0 Å². The van der Waals surface area contributed by atoms with Crippen LogP contribution in [0.4, 0.5) is 10.1 Å². The molecule has 0 spiro atoms. The smallest absolute Gasteiger partial charge is 0.228 e. The van der Waals surface area contributed by atoms with Gasteiger partial charge in [0.1, 0.15) is 23.2 Å². The van der Waals surface area contributed by atoms with Gasteiger partial charge in [0, 0.05) is 57.1 Å². The van der Waals surface area contributed by atoms with Gasteiger partial charge in [-0.15, -0.1) is 0 Å². The molecule has 4 rings (SSSR count). The van der Waals surface area contributed by atoms with Gasteiger partial charge >= 0.3 is 0 Å². The van der Waals surface area contributed by atoms with Crippen LogP contribution in [0.3, 0.4) is 0 Å². The van der Waals surface area contributed by atoms with Crippen LogP contribution in [0.15, 0.2) is 78.0 Å². The Morgan fingerprint density at radius 2 is 1.70 bits per heavy atom. The number of amides is 1. The quantitative estimate of drug-likeness (QED) is 0.192. The van der Waals surface area contributed by atoms with E-state index in [4.69, 9.17) is 4.74 Å². The molecule has 2 heterocycles. The molecule has 0 saturated carbocycles. The Balaban J connectivity index is 1.15. The first-order valence-electron chi connectivity index (χ1n) is 13.7. The summed E-state index contributed by atoms with van der Waals surface area (Å²) < 4.78 is 18.8. The lowest BCUT2D eigenvalue weighted by atomic mass is 10.1. The summed E-state index contributed by atoms with van der Waals surface area (Å²) in [6, 6.07) is 12.7. The zero-order valence-corrected chi connectivity index (χ0v) is 23.4. The number of allylic oxidation sites excluding steroid dienone is 3. The summed E-state index contributed by atoms with van der Waals surface area (Å²) in [5, 5.41) is 2.93. The minimum atomic E-state index is -0.322. The van der Waals surface area contributed by atoms with E-state index in [1.807, 2.05) is 39.0 Å². The van der Waals surface area contributed by atoms with Gasteiger partial charge < -0.3 is 15.0 Å². The van der Waals surface area contributed by atoms with Crippen LogP contribution >= 0.6 is 0 Å². The number of rotatable bonds is 11. The van der Waals surface area contributed by atoms with Gasteiger partial charge in [0.25, 0.3) is 0 Å². The number of carbonyl (C=O) groups is 2. The molecule has 9 heteroatoms. The van der Waals surface area contributed by atoms with Gasteiger partial charge in [-0.1, -0.05) is 19.1 Å². The molecule has 0 aliphatic carbocycles. The zero-order chi connectivity index (χ0) is 28.5. The Morgan fingerprint density at radius 3 is 2.35 bits per heavy atom. The van der Waals surface area contributed by atoms with E-state index in [9.17, 15) is 14.0 Å². The molecule has 2 aromatic rings. The van der Waals surface area contributed by atoms with E-state index >= 15 is 0 Å². The van der Waals surface area contributed by atoms with Crippen LogP contribution in [0.25, 0.3) is 0 Å². The van der Waals surface area contributed by atoms with Crippen molar-refractivity contribution in [1.82, 2.24) is 14.7 Å². The predicted molar refractivity (Wildman–Crippen MR) is 156 cm³/mol. The molecule has 212 valence electrons. The maximum atomic E-state index is 13.1. The zero-order valence-electron chi connectivity index (χ0n) is 23.4. The Morgan fingerprint density at radius 1 is 1.05 bits per heavy atom. The second-order valence-electron chi connectivity index (χ2n) is 10.2. The number of benzene rings is 2. The molecule has 1 N–H and O–H groups in total. The van der Waals surface area contributed by atoms with Crippen LogP contribution in [0.5, 0.6) is 11.5 Å². The molecule has 0 bridgehead atoms. The topological polar surface area (TPSA) is 77.2 Å². The summed E-state index contributed by atoms with van der Waals surface area (Å²) >= 11 is 0. The van der Waals surface area contributed by atoms with Crippen molar-refractivity contribution in [2.75, 3.05) is 51.1 Å². The van der Waals surface area contributed by atoms with Crippen molar-refractivity contribution in [3.8, 4) is 11.5 Å². The van der Waals surface area contributed by atoms with Gasteiger partial charge in [-0.3, -0.25) is 19.4 Å². The monoisotopic (exact) mass is 547 g/mol. The number of piperazine rings is 1. The number of anilines is 1. The van der Waals surface area contributed by atoms with E-state index in [0.29, 0.717) is 36.8 Å². The van der Waals surface area contributed by atoms with Crippen molar-refractivity contribution in [1.29, 1.82) is 0 Å². The largest absolute Gasteiger partial charge is 0.457 e. The average Bonchev–Trinajstić information content (AvgIpc) is 3.73. The van der Waals surface area contributed by atoms with Crippen molar-refractivity contribution in [2.45, 2.75) is 26.8 Å². The number of aliphatic imine (C=N–C) groups is 1. The Labute approximate surface area is 235 Å². The van der Waals surface area contributed by atoms with E-state index in [1.54, 1.807) is 42.6 Å². The summed E-state index contributed by atoms with van der Waals surface area (Å²) in [5.41, 5.74) is 0.662. The predicted octanol–water partition coefficient (Wildman–Crippen LogP) is 4.57. The van der Waals surface area contributed by atoms with Crippen molar-refractivity contribution in [3.63, 3.8) is 0 Å². The van der Waals surface area contributed by atoms with E-state index in [-0.39, 0.29) is 29.5 Å². The molecule has 2 aliphatic rings. The highest BCUT2D eigenvalue weighted by Crippen LogP contribution is 2.25. The molecule has 2 unspecified atom stereocenters. The second-order valence-corrected chi connectivity index (χ2v) is 10.2. The molecule has 2 aliphatic heterocycles. The van der Waals surface area contributed by atoms with Gasteiger partial charge in [0.15, 0.2) is 5.78 Å². The highest BCUT2D eigenvalue weighted by molar-refractivity contribution is 5.93. The number of nitrogens with one attached hydrogen (secondary N) is 1. The van der Waals surface area contributed by atoms with Gasteiger partial charge in [0.2, 0.25) is 5.91 Å². The summed E-state index contributed by atoms with van der Waals surface area (Å²) in [5.74, 6) is 1.64. The van der Waals surface area contributed by atoms with Crippen LogP contribution in [-0.2, 0) is 9.59 Å². The van der Waals surface area contributed by atoms with Crippen molar-refractivity contribution in [2.24, 2.45) is 10.9 Å². The number of amidine groups is 1. The Hall–Kier alpha value is -3.82. The molecule has 8 nitrogen and oxygen atoms in total.